The summed E-state index contributed by atoms with van der Waals surface area (Å²) in [5, 5.41) is 9.01. The predicted octanol–water partition coefficient (Wildman–Crippen LogP) is 0.185. The molecule has 0 aromatic heterocycles. The van der Waals surface area contributed by atoms with Crippen LogP contribution in [0.3, 0.4) is 0 Å². The minimum absolute atomic E-state index is 0.0606. The first-order chi connectivity index (χ1) is 9.42. The Labute approximate surface area is 119 Å². The Hall–Kier alpha value is -0.700. The summed E-state index contributed by atoms with van der Waals surface area (Å²) in [7, 11) is -1.97. The molecule has 0 bridgehead atoms. The molecule has 0 aromatic rings. The van der Waals surface area contributed by atoms with Gasteiger partial charge in [-0.25, -0.2) is 0 Å². The number of carboxylic acid groups (broad SMARTS) is 1. The Balaban J connectivity index is 1.94. The molecule has 1 saturated heterocycles. The third-order valence-corrected chi connectivity index (χ3v) is 5.75. The molecule has 0 amide bonds. The molecule has 3 atom stereocenters. The van der Waals surface area contributed by atoms with E-state index in [4.69, 9.17) is 9.84 Å². The molecule has 116 valence electrons. The lowest BCUT2D eigenvalue weighted by atomic mass is 10.0. The van der Waals surface area contributed by atoms with Crippen LogP contribution in [0.25, 0.3) is 0 Å². The third kappa shape index (κ3) is 3.69. The van der Waals surface area contributed by atoms with E-state index in [9.17, 15) is 13.2 Å². The fraction of sp³-hybridized carbons (Fsp3) is 0.917. The zero-order chi connectivity index (χ0) is 14.8. The molecule has 0 radical (unpaired) electrons. The van der Waals surface area contributed by atoms with Gasteiger partial charge in [-0.2, -0.15) is 17.4 Å². The number of nitrogens with zero attached hydrogens (tertiary/aromatic N) is 1. The highest BCUT2D eigenvalue weighted by Crippen LogP contribution is 2.24. The number of carbonyl (C=O) groups is 1. The van der Waals surface area contributed by atoms with Crippen LogP contribution in [-0.2, 0) is 19.7 Å². The van der Waals surface area contributed by atoms with E-state index in [0.29, 0.717) is 25.8 Å². The summed E-state index contributed by atoms with van der Waals surface area (Å²) < 4.78 is 33.7. The number of hydrogen-bond donors (Lipinski definition) is 2. The summed E-state index contributed by atoms with van der Waals surface area (Å²) in [6.07, 6.45) is 3.51. The molecule has 20 heavy (non-hydrogen) atoms. The molecule has 2 N–H and O–H groups in total. The largest absolute Gasteiger partial charge is 0.481 e. The summed E-state index contributed by atoms with van der Waals surface area (Å²) in [6, 6.07) is -0.116. The van der Waals surface area contributed by atoms with Crippen LogP contribution in [0.2, 0.25) is 0 Å². The van der Waals surface area contributed by atoms with E-state index in [1.165, 1.54) is 4.31 Å². The fourth-order valence-corrected chi connectivity index (χ4v) is 4.44. The smallest absolute Gasteiger partial charge is 0.307 e. The maximum absolute atomic E-state index is 12.3. The topological polar surface area (TPSA) is 95.9 Å². The maximum Gasteiger partial charge on any atom is 0.307 e. The van der Waals surface area contributed by atoms with Gasteiger partial charge >= 0.3 is 5.97 Å². The lowest BCUT2D eigenvalue weighted by molar-refractivity contribution is -0.142. The van der Waals surface area contributed by atoms with Gasteiger partial charge in [-0.05, 0) is 32.1 Å². The highest BCUT2D eigenvalue weighted by atomic mass is 32.2. The summed E-state index contributed by atoms with van der Waals surface area (Å²) in [5.41, 5.74) is 0. The van der Waals surface area contributed by atoms with Gasteiger partial charge in [0.2, 0.25) is 0 Å². The van der Waals surface area contributed by atoms with Crippen molar-refractivity contribution in [1.29, 1.82) is 0 Å². The minimum atomic E-state index is -3.60. The van der Waals surface area contributed by atoms with Crippen molar-refractivity contribution in [3.8, 4) is 0 Å². The average molecular weight is 306 g/mol. The second-order valence-corrected chi connectivity index (χ2v) is 7.23. The second-order valence-electron chi connectivity index (χ2n) is 5.53. The monoisotopic (exact) mass is 306 g/mol. The van der Waals surface area contributed by atoms with Gasteiger partial charge in [-0.3, -0.25) is 4.79 Å². The van der Waals surface area contributed by atoms with Crippen molar-refractivity contribution >= 4 is 16.2 Å². The number of hydrogen-bond acceptors (Lipinski definition) is 4. The van der Waals surface area contributed by atoms with E-state index >= 15 is 0 Å². The van der Waals surface area contributed by atoms with Gasteiger partial charge in [-0.1, -0.05) is 0 Å². The number of carboxylic acids is 1. The predicted molar refractivity (Wildman–Crippen MR) is 72.4 cm³/mol. The van der Waals surface area contributed by atoms with Crippen LogP contribution in [-0.4, -0.2) is 56.1 Å². The molecule has 1 aliphatic heterocycles. The van der Waals surface area contributed by atoms with Crippen LogP contribution >= 0.6 is 0 Å². The Morgan fingerprint density at radius 1 is 1.35 bits per heavy atom. The van der Waals surface area contributed by atoms with Crippen molar-refractivity contribution in [2.75, 3.05) is 20.2 Å². The highest BCUT2D eigenvalue weighted by Gasteiger charge is 2.35. The van der Waals surface area contributed by atoms with E-state index in [1.54, 1.807) is 7.11 Å². The van der Waals surface area contributed by atoms with Crippen molar-refractivity contribution in [3.05, 3.63) is 0 Å². The quantitative estimate of drug-likeness (QED) is 0.755. The van der Waals surface area contributed by atoms with E-state index in [2.05, 4.69) is 4.72 Å². The van der Waals surface area contributed by atoms with Gasteiger partial charge in [-0.15, -0.1) is 0 Å². The van der Waals surface area contributed by atoms with E-state index < -0.39 is 22.1 Å². The molecule has 3 unspecified atom stereocenters. The van der Waals surface area contributed by atoms with Crippen molar-refractivity contribution in [2.24, 2.45) is 5.92 Å². The van der Waals surface area contributed by atoms with Crippen molar-refractivity contribution in [1.82, 2.24) is 9.03 Å². The Morgan fingerprint density at radius 3 is 2.70 bits per heavy atom. The van der Waals surface area contributed by atoms with Crippen LogP contribution in [0.1, 0.15) is 32.1 Å². The maximum atomic E-state index is 12.3. The molecule has 1 saturated carbocycles. The molecule has 1 heterocycles. The SMILES string of the molecule is COC1CCC(NS(=O)(=O)N2CCCC(C(=O)O)C2)C1. The zero-order valence-electron chi connectivity index (χ0n) is 11.6. The van der Waals surface area contributed by atoms with Crippen LogP contribution in [0, 0.1) is 5.92 Å². The molecule has 0 spiro atoms. The number of piperidine rings is 1. The number of ether oxygens (including phenoxy) is 1. The first-order valence-electron chi connectivity index (χ1n) is 6.95. The molecule has 0 aromatic carbocycles. The molecular weight excluding hydrogens is 284 g/mol. The van der Waals surface area contributed by atoms with E-state index in [1.807, 2.05) is 0 Å². The fourth-order valence-electron chi connectivity index (χ4n) is 2.91. The molecule has 2 rings (SSSR count). The van der Waals surface area contributed by atoms with Gasteiger partial charge in [0.25, 0.3) is 10.2 Å². The molecule has 1 aliphatic carbocycles. The summed E-state index contributed by atoms with van der Waals surface area (Å²) in [6.45, 7) is 0.449. The van der Waals surface area contributed by atoms with Crippen molar-refractivity contribution < 1.29 is 23.1 Å². The van der Waals surface area contributed by atoms with Gasteiger partial charge in [0, 0.05) is 26.2 Å². The van der Waals surface area contributed by atoms with Crippen LogP contribution in [0.5, 0.6) is 0 Å². The van der Waals surface area contributed by atoms with Crippen LogP contribution in [0.4, 0.5) is 0 Å². The van der Waals surface area contributed by atoms with Gasteiger partial charge < -0.3 is 9.84 Å². The Bertz CT molecular complexity index is 453. The second kappa shape index (κ2) is 6.38. The third-order valence-electron chi connectivity index (χ3n) is 4.11. The molecule has 8 heteroatoms. The van der Waals surface area contributed by atoms with Crippen molar-refractivity contribution in [3.63, 3.8) is 0 Å². The first kappa shape index (κ1) is 15.7. The van der Waals surface area contributed by atoms with Gasteiger partial charge in [0.05, 0.1) is 12.0 Å². The van der Waals surface area contributed by atoms with E-state index in [-0.39, 0.29) is 18.7 Å². The summed E-state index contributed by atoms with van der Waals surface area (Å²) in [4.78, 5) is 11.0. The van der Waals surface area contributed by atoms with Crippen molar-refractivity contribution in [2.45, 2.75) is 44.2 Å². The average Bonchev–Trinajstić information content (AvgIpc) is 2.86. The number of aliphatic carboxylic acids is 1. The van der Waals surface area contributed by atoms with Crippen LogP contribution < -0.4 is 4.72 Å². The van der Waals surface area contributed by atoms with Gasteiger partial charge in [0.1, 0.15) is 0 Å². The van der Waals surface area contributed by atoms with Crippen LogP contribution in [0.15, 0.2) is 0 Å². The lowest BCUT2D eigenvalue weighted by Gasteiger charge is -2.30. The lowest BCUT2D eigenvalue weighted by Crippen LogP contribution is -2.49. The standard InChI is InChI=1S/C12H22N2O5S/c1-19-11-5-4-10(7-11)13-20(17,18)14-6-2-3-9(8-14)12(15)16/h9-11,13H,2-8H2,1H3,(H,15,16). The van der Waals surface area contributed by atoms with Gasteiger partial charge in [0.15, 0.2) is 0 Å². The molecule has 2 fully saturated rings. The normalized spacial score (nSPS) is 32.4. The Morgan fingerprint density at radius 2 is 2.10 bits per heavy atom. The molecular formula is C12H22N2O5S. The number of rotatable bonds is 5. The van der Waals surface area contributed by atoms with E-state index in [0.717, 1.165) is 12.8 Å². The summed E-state index contributed by atoms with van der Waals surface area (Å²) in [5.74, 6) is -1.53. The molecule has 2 aliphatic rings. The first-order valence-corrected chi connectivity index (χ1v) is 8.39. The zero-order valence-corrected chi connectivity index (χ0v) is 12.4. The summed E-state index contributed by atoms with van der Waals surface area (Å²) >= 11 is 0. The minimum Gasteiger partial charge on any atom is -0.481 e. The molecule has 7 nitrogen and oxygen atoms in total. The Kier molecular flexibility index (Phi) is 5.00. The number of nitrogens with one attached hydrogen (secondary N) is 1. The highest BCUT2D eigenvalue weighted by molar-refractivity contribution is 7.87. The number of methoxy groups -OCH3 is 1.